The van der Waals surface area contributed by atoms with Gasteiger partial charge in [-0.15, -0.1) is 0 Å². The number of nitrogens with zero attached hydrogens (tertiary/aromatic N) is 5. The van der Waals surface area contributed by atoms with Crippen molar-refractivity contribution < 1.29 is 18.6 Å². The van der Waals surface area contributed by atoms with Crippen molar-refractivity contribution in [2.24, 2.45) is 7.05 Å². The number of ether oxygens (including phenoxy) is 1. The van der Waals surface area contributed by atoms with Crippen LogP contribution in [0.2, 0.25) is 0 Å². The Labute approximate surface area is 141 Å². The van der Waals surface area contributed by atoms with Gasteiger partial charge in [0.25, 0.3) is 0 Å². The van der Waals surface area contributed by atoms with E-state index in [0.29, 0.717) is 24.7 Å². The smallest absolute Gasteiger partial charge is 0.161 e. The minimum absolute atomic E-state index is 0.252. The lowest BCUT2D eigenvalue weighted by Crippen LogP contribution is -2.29. The van der Waals surface area contributed by atoms with Crippen molar-refractivity contribution in [1.29, 1.82) is 0 Å². The SMILES string of the molecule is Cn1cc(O[C@@H]2CN(c3cnc4cc(F)c(F)cc4n3)C[C@H]2O)cn1. The maximum absolute atomic E-state index is 13.4. The van der Waals surface area contributed by atoms with Gasteiger partial charge in [0.2, 0.25) is 0 Å². The Morgan fingerprint density at radius 3 is 2.64 bits per heavy atom. The minimum Gasteiger partial charge on any atom is -0.482 e. The van der Waals surface area contributed by atoms with Gasteiger partial charge in [-0.05, 0) is 0 Å². The number of hydrogen-bond donors (Lipinski definition) is 1. The van der Waals surface area contributed by atoms with E-state index in [4.69, 9.17) is 4.74 Å². The molecular formula is C16H15F2N5O2. The lowest BCUT2D eigenvalue weighted by molar-refractivity contribution is 0.0737. The molecule has 130 valence electrons. The lowest BCUT2D eigenvalue weighted by atomic mass is 10.3. The van der Waals surface area contributed by atoms with Crippen molar-refractivity contribution in [3.63, 3.8) is 0 Å². The molecule has 3 aromatic rings. The van der Waals surface area contributed by atoms with Gasteiger partial charge in [-0.1, -0.05) is 0 Å². The van der Waals surface area contributed by atoms with Gasteiger partial charge < -0.3 is 14.7 Å². The predicted molar refractivity (Wildman–Crippen MR) is 85.3 cm³/mol. The summed E-state index contributed by atoms with van der Waals surface area (Å²) in [4.78, 5) is 10.2. The van der Waals surface area contributed by atoms with Crippen molar-refractivity contribution in [1.82, 2.24) is 19.7 Å². The number of aliphatic hydroxyl groups excluding tert-OH is 1. The maximum atomic E-state index is 13.4. The van der Waals surface area contributed by atoms with Gasteiger partial charge in [0.1, 0.15) is 18.0 Å². The highest BCUT2D eigenvalue weighted by molar-refractivity contribution is 5.75. The van der Waals surface area contributed by atoms with E-state index in [2.05, 4.69) is 15.1 Å². The van der Waals surface area contributed by atoms with Crippen LogP contribution in [0.15, 0.2) is 30.7 Å². The van der Waals surface area contributed by atoms with Gasteiger partial charge in [-0.2, -0.15) is 5.10 Å². The molecule has 1 aliphatic heterocycles. The Morgan fingerprint density at radius 2 is 1.92 bits per heavy atom. The van der Waals surface area contributed by atoms with Crippen LogP contribution in [0.3, 0.4) is 0 Å². The molecule has 0 spiro atoms. The highest BCUT2D eigenvalue weighted by Gasteiger charge is 2.34. The molecule has 0 saturated carbocycles. The molecule has 3 heterocycles. The third-order valence-electron chi connectivity index (χ3n) is 4.10. The van der Waals surface area contributed by atoms with Crippen LogP contribution in [0.4, 0.5) is 14.6 Å². The number of hydrogen-bond acceptors (Lipinski definition) is 6. The van der Waals surface area contributed by atoms with Crippen molar-refractivity contribution in [3.8, 4) is 5.75 Å². The molecule has 1 fully saturated rings. The van der Waals surface area contributed by atoms with Gasteiger partial charge in [0, 0.05) is 25.7 Å². The van der Waals surface area contributed by atoms with Crippen LogP contribution in [0.5, 0.6) is 5.75 Å². The molecule has 2 aromatic heterocycles. The number of halogens is 2. The van der Waals surface area contributed by atoms with Gasteiger partial charge in [-0.3, -0.25) is 9.67 Å². The average Bonchev–Trinajstić information content (AvgIpc) is 3.15. The molecule has 0 radical (unpaired) electrons. The van der Waals surface area contributed by atoms with E-state index >= 15 is 0 Å². The fourth-order valence-electron chi connectivity index (χ4n) is 2.84. The number of benzene rings is 1. The monoisotopic (exact) mass is 347 g/mol. The molecular weight excluding hydrogens is 332 g/mol. The second-order valence-electron chi connectivity index (χ2n) is 5.96. The Bertz CT molecular complexity index is 932. The first kappa shape index (κ1) is 15.7. The second kappa shape index (κ2) is 5.92. The number of aromatic nitrogens is 4. The highest BCUT2D eigenvalue weighted by atomic mass is 19.2. The van der Waals surface area contributed by atoms with Gasteiger partial charge in [0.05, 0.1) is 36.2 Å². The topological polar surface area (TPSA) is 76.3 Å². The highest BCUT2D eigenvalue weighted by Crippen LogP contribution is 2.24. The quantitative estimate of drug-likeness (QED) is 0.769. The molecule has 1 saturated heterocycles. The first-order valence-electron chi connectivity index (χ1n) is 7.70. The molecule has 25 heavy (non-hydrogen) atoms. The molecule has 1 aliphatic rings. The minimum atomic E-state index is -0.974. The Morgan fingerprint density at radius 1 is 1.16 bits per heavy atom. The molecule has 0 bridgehead atoms. The molecule has 9 heteroatoms. The Hall–Kier alpha value is -2.81. The summed E-state index contributed by atoms with van der Waals surface area (Å²) in [5.74, 6) is -0.903. The fraction of sp³-hybridized carbons (Fsp3) is 0.312. The van der Waals surface area contributed by atoms with E-state index in [-0.39, 0.29) is 11.0 Å². The zero-order valence-electron chi connectivity index (χ0n) is 13.3. The second-order valence-corrected chi connectivity index (χ2v) is 5.96. The summed E-state index contributed by atoms with van der Waals surface area (Å²) in [6.07, 6.45) is 3.58. The predicted octanol–water partition coefficient (Wildman–Crippen LogP) is 1.27. The van der Waals surface area contributed by atoms with E-state index in [1.54, 1.807) is 29.0 Å². The summed E-state index contributed by atoms with van der Waals surface area (Å²) in [5, 5.41) is 14.2. The number of anilines is 1. The molecule has 4 rings (SSSR count). The van der Waals surface area contributed by atoms with Crippen molar-refractivity contribution in [2.75, 3.05) is 18.0 Å². The first-order chi connectivity index (χ1) is 12.0. The third kappa shape index (κ3) is 2.98. The van der Waals surface area contributed by atoms with E-state index < -0.39 is 23.8 Å². The molecule has 0 amide bonds. The Kier molecular flexibility index (Phi) is 3.72. The summed E-state index contributed by atoms with van der Waals surface area (Å²) in [6.45, 7) is 0.689. The summed E-state index contributed by atoms with van der Waals surface area (Å²) in [6, 6.07) is 2.02. The number of β-amino-alcohol motifs (C(OH)–C–C–N with tert-alkyl or cyclic N) is 1. The molecule has 1 aromatic carbocycles. The van der Waals surface area contributed by atoms with Crippen LogP contribution < -0.4 is 9.64 Å². The van der Waals surface area contributed by atoms with Crippen molar-refractivity contribution in [2.45, 2.75) is 12.2 Å². The van der Waals surface area contributed by atoms with Gasteiger partial charge in [-0.25, -0.2) is 13.8 Å². The number of aliphatic hydroxyl groups is 1. The van der Waals surface area contributed by atoms with Gasteiger partial charge in [0.15, 0.2) is 17.4 Å². The van der Waals surface area contributed by atoms with E-state index in [1.165, 1.54) is 6.20 Å². The van der Waals surface area contributed by atoms with Crippen LogP contribution in [-0.2, 0) is 7.05 Å². The lowest BCUT2D eigenvalue weighted by Gasteiger charge is -2.17. The number of aryl methyl sites for hydroxylation is 1. The van der Waals surface area contributed by atoms with Crippen LogP contribution >= 0.6 is 0 Å². The summed E-state index contributed by atoms with van der Waals surface area (Å²) < 4.78 is 34.0. The fourth-order valence-corrected chi connectivity index (χ4v) is 2.84. The van der Waals surface area contributed by atoms with Crippen LogP contribution in [-0.4, -0.2) is 50.2 Å². The summed E-state index contributed by atoms with van der Waals surface area (Å²) >= 11 is 0. The van der Waals surface area contributed by atoms with Crippen LogP contribution in [0.1, 0.15) is 0 Å². The number of fused-ring (bicyclic) bond motifs is 1. The summed E-state index contributed by atoms with van der Waals surface area (Å²) in [5.41, 5.74) is 0.521. The molecule has 0 aliphatic carbocycles. The molecule has 0 unspecified atom stereocenters. The molecule has 7 nitrogen and oxygen atoms in total. The van der Waals surface area contributed by atoms with Crippen molar-refractivity contribution in [3.05, 3.63) is 42.4 Å². The molecule has 2 atom stereocenters. The van der Waals surface area contributed by atoms with Crippen LogP contribution in [0.25, 0.3) is 11.0 Å². The third-order valence-corrected chi connectivity index (χ3v) is 4.10. The summed E-state index contributed by atoms with van der Waals surface area (Å²) in [7, 11) is 1.77. The Balaban J connectivity index is 1.56. The zero-order chi connectivity index (χ0) is 17.6. The maximum Gasteiger partial charge on any atom is 0.161 e. The normalized spacial score (nSPS) is 20.4. The first-order valence-corrected chi connectivity index (χ1v) is 7.70. The van der Waals surface area contributed by atoms with E-state index in [9.17, 15) is 13.9 Å². The zero-order valence-corrected chi connectivity index (χ0v) is 13.3. The largest absolute Gasteiger partial charge is 0.482 e. The van der Waals surface area contributed by atoms with E-state index in [1.807, 2.05) is 0 Å². The number of rotatable bonds is 3. The standard InChI is InChI=1S/C16H15F2N5O2/c1-22-6-9(4-20-22)25-15-8-23(7-14(15)24)16-5-19-12-2-10(17)11(18)3-13(12)21-16/h2-6,14-15,24H,7-8H2,1H3/t14-,15-/m1/s1. The van der Waals surface area contributed by atoms with E-state index in [0.717, 1.165) is 12.1 Å². The van der Waals surface area contributed by atoms with Crippen LogP contribution in [0, 0.1) is 11.6 Å². The van der Waals surface area contributed by atoms with Gasteiger partial charge >= 0.3 is 0 Å². The van der Waals surface area contributed by atoms with Crippen molar-refractivity contribution >= 4 is 16.9 Å². The average molecular weight is 347 g/mol. The molecule has 1 N–H and O–H groups in total.